The summed E-state index contributed by atoms with van der Waals surface area (Å²) in [6.45, 7) is 9.87. The van der Waals surface area contributed by atoms with Gasteiger partial charge in [-0.15, -0.1) is 0 Å². The Hall–Kier alpha value is -1.58. The molecule has 1 N–H and O–H groups in total. The van der Waals surface area contributed by atoms with E-state index in [1.807, 2.05) is 30.9 Å². The molecule has 0 atom stereocenters. The molecule has 1 heterocycles. The molecule has 0 saturated heterocycles. The number of hydrogen-bond donors (Lipinski definition) is 1. The van der Waals surface area contributed by atoms with Crippen molar-refractivity contribution in [3.63, 3.8) is 0 Å². The van der Waals surface area contributed by atoms with Crippen LogP contribution in [0, 0.1) is 0 Å². The lowest BCUT2D eigenvalue weighted by molar-refractivity contribution is 0.0752. The van der Waals surface area contributed by atoms with Crippen molar-refractivity contribution in [2.75, 3.05) is 18.4 Å². The first kappa shape index (κ1) is 14.8. The SMILES string of the molecule is CCNc1cc(C(=O)N(CC)C2CC2)cc(C(C)C)n1. The van der Waals surface area contributed by atoms with Crippen molar-refractivity contribution in [1.82, 2.24) is 9.88 Å². The summed E-state index contributed by atoms with van der Waals surface area (Å²) in [6.07, 6.45) is 2.28. The van der Waals surface area contributed by atoms with Crippen molar-refractivity contribution in [1.29, 1.82) is 0 Å². The van der Waals surface area contributed by atoms with Crippen LogP contribution in [0.4, 0.5) is 5.82 Å². The first-order valence-corrected chi connectivity index (χ1v) is 7.63. The lowest BCUT2D eigenvalue weighted by Crippen LogP contribution is -2.33. The van der Waals surface area contributed by atoms with E-state index in [0.717, 1.165) is 43.0 Å². The molecule has 0 aromatic carbocycles. The molecular formula is C16H25N3O. The highest BCUT2D eigenvalue weighted by molar-refractivity contribution is 5.95. The Labute approximate surface area is 121 Å². The van der Waals surface area contributed by atoms with Gasteiger partial charge in [0.25, 0.3) is 5.91 Å². The molecule has 0 radical (unpaired) electrons. The molecule has 0 aliphatic heterocycles. The molecule has 110 valence electrons. The normalized spacial score (nSPS) is 14.4. The van der Waals surface area contributed by atoms with Crippen LogP contribution >= 0.6 is 0 Å². The zero-order valence-electron chi connectivity index (χ0n) is 12.9. The van der Waals surface area contributed by atoms with E-state index in [4.69, 9.17) is 0 Å². The van der Waals surface area contributed by atoms with Gasteiger partial charge in [0.1, 0.15) is 5.82 Å². The molecule has 1 aromatic rings. The summed E-state index contributed by atoms with van der Waals surface area (Å²) in [7, 11) is 0. The summed E-state index contributed by atoms with van der Waals surface area (Å²) in [5.74, 6) is 1.25. The van der Waals surface area contributed by atoms with Gasteiger partial charge >= 0.3 is 0 Å². The largest absolute Gasteiger partial charge is 0.370 e. The van der Waals surface area contributed by atoms with E-state index in [0.29, 0.717) is 12.0 Å². The van der Waals surface area contributed by atoms with Crippen LogP contribution < -0.4 is 5.32 Å². The minimum Gasteiger partial charge on any atom is -0.370 e. The Morgan fingerprint density at radius 2 is 2.10 bits per heavy atom. The van der Waals surface area contributed by atoms with Crippen molar-refractivity contribution < 1.29 is 4.79 Å². The van der Waals surface area contributed by atoms with Gasteiger partial charge in [-0.25, -0.2) is 4.98 Å². The van der Waals surface area contributed by atoms with Crippen LogP contribution in [0.3, 0.4) is 0 Å². The number of carbonyl (C=O) groups is 1. The first-order chi connectivity index (χ1) is 9.56. The minimum absolute atomic E-state index is 0.137. The van der Waals surface area contributed by atoms with E-state index in [9.17, 15) is 4.79 Å². The van der Waals surface area contributed by atoms with Gasteiger partial charge < -0.3 is 10.2 Å². The van der Waals surface area contributed by atoms with Crippen LogP contribution in [0.2, 0.25) is 0 Å². The lowest BCUT2D eigenvalue weighted by atomic mass is 10.1. The fraction of sp³-hybridized carbons (Fsp3) is 0.625. The van der Waals surface area contributed by atoms with Crippen LogP contribution in [-0.2, 0) is 0 Å². The predicted molar refractivity (Wildman–Crippen MR) is 82.2 cm³/mol. The van der Waals surface area contributed by atoms with Crippen molar-refractivity contribution in [2.45, 2.75) is 52.5 Å². The zero-order chi connectivity index (χ0) is 14.7. The predicted octanol–water partition coefficient (Wildman–Crippen LogP) is 3.26. The summed E-state index contributed by atoms with van der Waals surface area (Å²) in [5.41, 5.74) is 1.73. The Bertz CT molecular complexity index is 481. The number of nitrogens with zero attached hydrogens (tertiary/aromatic N) is 2. The van der Waals surface area contributed by atoms with E-state index in [-0.39, 0.29) is 5.91 Å². The summed E-state index contributed by atoms with van der Waals surface area (Å²) < 4.78 is 0. The number of anilines is 1. The number of nitrogens with one attached hydrogen (secondary N) is 1. The van der Waals surface area contributed by atoms with E-state index >= 15 is 0 Å². The molecule has 0 spiro atoms. The van der Waals surface area contributed by atoms with Crippen LogP contribution in [0.15, 0.2) is 12.1 Å². The van der Waals surface area contributed by atoms with E-state index in [2.05, 4.69) is 24.1 Å². The molecule has 4 nitrogen and oxygen atoms in total. The third-order valence-corrected chi connectivity index (χ3v) is 3.63. The fourth-order valence-corrected chi connectivity index (χ4v) is 2.36. The quantitative estimate of drug-likeness (QED) is 0.866. The lowest BCUT2D eigenvalue weighted by Gasteiger charge is -2.21. The van der Waals surface area contributed by atoms with Gasteiger partial charge in [-0.3, -0.25) is 4.79 Å². The third-order valence-electron chi connectivity index (χ3n) is 3.63. The topological polar surface area (TPSA) is 45.2 Å². The summed E-state index contributed by atoms with van der Waals surface area (Å²) in [4.78, 5) is 19.2. The van der Waals surface area contributed by atoms with Crippen molar-refractivity contribution in [3.8, 4) is 0 Å². The van der Waals surface area contributed by atoms with Gasteiger partial charge in [0.05, 0.1) is 0 Å². The van der Waals surface area contributed by atoms with Gasteiger partial charge in [0.2, 0.25) is 0 Å². The molecule has 1 saturated carbocycles. The minimum atomic E-state index is 0.137. The van der Waals surface area contributed by atoms with Crippen LogP contribution in [0.1, 0.15) is 62.5 Å². The monoisotopic (exact) mass is 275 g/mol. The molecule has 2 rings (SSSR count). The number of aromatic nitrogens is 1. The Kier molecular flexibility index (Phi) is 4.63. The average molecular weight is 275 g/mol. The number of amides is 1. The van der Waals surface area contributed by atoms with Gasteiger partial charge in [-0.2, -0.15) is 0 Å². The molecule has 4 heteroatoms. The summed E-state index contributed by atoms with van der Waals surface area (Å²) >= 11 is 0. The fourth-order valence-electron chi connectivity index (χ4n) is 2.36. The highest BCUT2D eigenvalue weighted by Crippen LogP contribution is 2.28. The van der Waals surface area contributed by atoms with Crippen LogP contribution in [-0.4, -0.2) is 34.9 Å². The smallest absolute Gasteiger partial charge is 0.254 e. The van der Waals surface area contributed by atoms with Gasteiger partial charge in [-0.1, -0.05) is 13.8 Å². The van der Waals surface area contributed by atoms with E-state index in [1.54, 1.807) is 0 Å². The van der Waals surface area contributed by atoms with Gasteiger partial charge in [0.15, 0.2) is 0 Å². The summed E-state index contributed by atoms with van der Waals surface area (Å²) in [5, 5.41) is 3.22. The highest BCUT2D eigenvalue weighted by atomic mass is 16.2. The van der Waals surface area contributed by atoms with Crippen molar-refractivity contribution >= 4 is 11.7 Å². The maximum absolute atomic E-state index is 12.7. The Balaban J connectivity index is 2.30. The number of hydrogen-bond acceptors (Lipinski definition) is 3. The van der Waals surface area contributed by atoms with Crippen molar-refractivity contribution in [3.05, 3.63) is 23.4 Å². The van der Waals surface area contributed by atoms with Crippen molar-refractivity contribution in [2.24, 2.45) is 0 Å². The molecule has 1 aromatic heterocycles. The molecule has 1 aliphatic rings. The maximum Gasteiger partial charge on any atom is 0.254 e. The van der Waals surface area contributed by atoms with E-state index < -0.39 is 0 Å². The van der Waals surface area contributed by atoms with Crippen LogP contribution in [0.25, 0.3) is 0 Å². The second-order valence-electron chi connectivity index (χ2n) is 5.67. The van der Waals surface area contributed by atoms with Gasteiger partial charge in [-0.05, 0) is 44.7 Å². The molecule has 1 aliphatic carbocycles. The number of carbonyl (C=O) groups excluding carboxylic acids is 1. The molecule has 0 bridgehead atoms. The average Bonchev–Trinajstić information content (AvgIpc) is 3.24. The standard InChI is InChI=1S/C16H25N3O/c1-5-17-15-10-12(9-14(18-15)11(3)4)16(20)19(6-2)13-7-8-13/h9-11,13H,5-8H2,1-4H3,(H,17,18). The first-order valence-electron chi connectivity index (χ1n) is 7.63. The molecule has 1 amide bonds. The zero-order valence-corrected chi connectivity index (χ0v) is 12.9. The third kappa shape index (κ3) is 3.30. The molecule has 0 unspecified atom stereocenters. The summed E-state index contributed by atoms with van der Waals surface area (Å²) in [6, 6.07) is 4.27. The Morgan fingerprint density at radius 1 is 1.40 bits per heavy atom. The molecular weight excluding hydrogens is 250 g/mol. The van der Waals surface area contributed by atoms with Crippen LogP contribution in [0.5, 0.6) is 0 Å². The second kappa shape index (κ2) is 6.25. The number of pyridine rings is 1. The maximum atomic E-state index is 12.7. The van der Waals surface area contributed by atoms with Gasteiger partial charge in [0, 0.05) is 30.4 Å². The second-order valence-corrected chi connectivity index (χ2v) is 5.67. The highest BCUT2D eigenvalue weighted by Gasteiger charge is 2.32. The van der Waals surface area contributed by atoms with E-state index in [1.165, 1.54) is 0 Å². The molecule has 20 heavy (non-hydrogen) atoms. The Morgan fingerprint density at radius 3 is 2.60 bits per heavy atom. The molecule has 1 fully saturated rings. The number of rotatable bonds is 6.